The van der Waals surface area contributed by atoms with Gasteiger partial charge in [0, 0.05) is 0 Å². The molecule has 0 aromatic heterocycles. The molecule has 240 valence electrons. The summed E-state index contributed by atoms with van der Waals surface area (Å²) in [6, 6.07) is 0. The van der Waals surface area contributed by atoms with Crippen molar-refractivity contribution < 1.29 is 17.3 Å². The first-order chi connectivity index (χ1) is 18.8. The van der Waals surface area contributed by atoms with Gasteiger partial charge in [0.05, 0.1) is 24.6 Å². The largest absolute Gasteiger partial charge is 0.372 e. The fourth-order valence-corrected chi connectivity index (χ4v) is 11.2. The number of ether oxygens (including phenoxy) is 1. The summed E-state index contributed by atoms with van der Waals surface area (Å²) >= 11 is 0. The Labute approximate surface area is 254 Å². The van der Waals surface area contributed by atoms with Gasteiger partial charge in [-0.3, -0.25) is 4.18 Å². The molecule has 4 rings (SSSR count). The van der Waals surface area contributed by atoms with E-state index in [0.717, 1.165) is 61.2 Å². The number of allylic oxidation sites excluding steroid dienone is 1. The highest BCUT2D eigenvalue weighted by Crippen LogP contribution is 2.67. The van der Waals surface area contributed by atoms with E-state index in [-0.39, 0.29) is 18.0 Å². The minimum Gasteiger partial charge on any atom is -0.372 e. The molecule has 0 aliphatic heterocycles. The lowest BCUT2D eigenvalue weighted by molar-refractivity contribution is -0.114. The smallest absolute Gasteiger partial charge is 0.267 e. The average Bonchev–Trinajstić information content (AvgIpc) is 3.25. The second kappa shape index (κ2) is 13.7. The van der Waals surface area contributed by atoms with Crippen LogP contribution in [0.15, 0.2) is 11.6 Å². The zero-order valence-corrected chi connectivity index (χ0v) is 28.8. The second-order valence-corrected chi connectivity index (χ2v) is 17.5. The Morgan fingerprint density at radius 3 is 2.41 bits per heavy atom. The van der Waals surface area contributed by atoms with Crippen LogP contribution in [0.2, 0.25) is 0 Å². The predicted octanol–water partition coefficient (Wildman–Crippen LogP) is 9.50. The third-order valence-corrected chi connectivity index (χ3v) is 13.8. The molecule has 0 heterocycles. The average molecular weight is 596 g/mol. The predicted molar refractivity (Wildman–Crippen MR) is 172 cm³/mol. The van der Waals surface area contributed by atoms with Gasteiger partial charge in [-0.1, -0.05) is 78.9 Å². The fourth-order valence-electron chi connectivity index (χ4n) is 10.4. The maximum atomic E-state index is 12.0. The van der Waals surface area contributed by atoms with Crippen LogP contribution in [0.25, 0.3) is 0 Å². The maximum Gasteiger partial charge on any atom is 0.267 e. The van der Waals surface area contributed by atoms with E-state index in [1.807, 2.05) is 0 Å². The van der Waals surface area contributed by atoms with Gasteiger partial charge in [-0.2, -0.15) is 8.42 Å². The fraction of sp³-hybridized carbons (Fsp3) is 0.943. The van der Waals surface area contributed by atoms with Gasteiger partial charge < -0.3 is 10.9 Å². The molecule has 0 radical (unpaired) electrons. The van der Waals surface area contributed by atoms with E-state index < -0.39 is 15.7 Å². The molecule has 0 saturated heterocycles. The second-order valence-electron chi connectivity index (χ2n) is 15.7. The molecular formula is C35H65NO4S. The van der Waals surface area contributed by atoms with Crippen LogP contribution in [0.1, 0.15) is 138 Å². The first-order valence-corrected chi connectivity index (χ1v) is 18.5. The van der Waals surface area contributed by atoms with Crippen molar-refractivity contribution in [2.24, 2.45) is 46.3 Å². The Kier molecular flexibility index (Phi) is 11.7. The summed E-state index contributed by atoms with van der Waals surface area (Å²) in [4.78, 5) is 0. The van der Waals surface area contributed by atoms with Crippen LogP contribution < -0.4 is 6.15 Å². The molecule has 3 saturated carbocycles. The Balaban J connectivity index is 0.00000462. The monoisotopic (exact) mass is 595 g/mol. The van der Waals surface area contributed by atoms with Crippen LogP contribution in [0.3, 0.4) is 0 Å². The molecule has 3 fully saturated rings. The van der Waals surface area contributed by atoms with E-state index in [9.17, 15) is 8.42 Å². The highest BCUT2D eigenvalue weighted by Gasteiger charge is 2.59. The summed E-state index contributed by atoms with van der Waals surface area (Å²) < 4.78 is 35.6. The zero-order valence-electron chi connectivity index (χ0n) is 28.0. The van der Waals surface area contributed by atoms with Gasteiger partial charge in [0.15, 0.2) is 0 Å². The Hall–Kier alpha value is -0.430. The number of hydrogen-bond donors (Lipinski definition) is 1. The quantitative estimate of drug-likeness (QED) is 0.169. The molecule has 9 atom stereocenters. The summed E-state index contributed by atoms with van der Waals surface area (Å²) in [6.07, 6.45) is 19.7. The molecule has 6 heteroatoms. The van der Waals surface area contributed by atoms with Crippen molar-refractivity contribution >= 4 is 10.1 Å². The van der Waals surface area contributed by atoms with Crippen molar-refractivity contribution in [3.8, 4) is 0 Å². The van der Waals surface area contributed by atoms with Crippen molar-refractivity contribution in [1.29, 1.82) is 0 Å². The lowest BCUT2D eigenvalue weighted by Crippen LogP contribution is -2.51. The zero-order chi connectivity index (χ0) is 29.3. The van der Waals surface area contributed by atoms with Crippen molar-refractivity contribution in [2.75, 3.05) is 12.9 Å². The highest BCUT2D eigenvalue weighted by molar-refractivity contribution is 7.86. The summed E-state index contributed by atoms with van der Waals surface area (Å²) in [5, 5.41) is 0. The van der Waals surface area contributed by atoms with E-state index >= 15 is 0 Å². The van der Waals surface area contributed by atoms with Gasteiger partial charge in [0.2, 0.25) is 0 Å². The van der Waals surface area contributed by atoms with Crippen LogP contribution in [0, 0.1) is 46.3 Å². The number of hydrogen-bond acceptors (Lipinski definition) is 5. The van der Waals surface area contributed by atoms with Crippen LogP contribution in [0.5, 0.6) is 0 Å². The maximum absolute atomic E-state index is 12.0. The topological polar surface area (TPSA) is 87.6 Å². The SMILES string of the molecule is CCCC(C)(CCS(=O)(=O)OC)O[C@H]1CC[C@@]2(C)C(=CC[C@H]3[C@@H]4CC[C@H]([C@H](C)CCCC(C)C)[C@@]4(C)CC[C@@H]32)C1.N. The van der Waals surface area contributed by atoms with Crippen LogP contribution in [-0.2, 0) is 19.0 Å². The standard InChI is InChI=1S/C35H62O4S.H3N/c1-9-19-33(5,22-23-40(36,37)38-8)39-28-17-20-34(6)27(24-28)13-14-29-31-16-15-30(26(4)12-10-11-25(2)3)35(31,7)21-18-32(29)34;/h13,25-26,28-32H,9-12,14-24H2,1-8H3;1H3/t26-,28+,29+,30-,31+,32+,33?,34+,35-;/m1./s1. The van der Waals surface area contributed by atoms with E-state index in [1.54, 1.807) is 5.57 Å². The molecular weight excluding hydrogens is 530 g/mol. The third-order valence-electron chi connectivity index (χ3n) is 12.6. The molecule has 0 aromatic rings. The van der Waals surface area contributed by atoms with E-state index in [2.05, 4.69) is 54.5 Å². The summed E-state index contributed by atoms with van der Waals surface area (Å²) in [7, 11) is -2.22. The van der Waals surface area contributed by atoms with Crippen molar-refractivity contribution in [2.45, 2.75) is 150 Å². The van der Waals surface area contributed by atoms with E-state index in [4.69, 9.17) is 8.92 Å². The van der Waals surface area contributed by atoms with Crippen molar-refractivity contribution in [3.05, 3.63) is 11.6 Å². The van der Waals surface area contributed by atoms with Crippen molar-refractivity contribution in [3.63, 3.8) is 0 Å². The molecule has 4 aliphatic carbocycles. The van der Waals surface area contributed by atoms with Gasteiger partial charge in [-0.05, 0) is 117 Å². The molecule has 5 nitrogen and oxygen atoms in total. The van der Waals surface area contributed by atoms with Crippen LogP contribution in [0.4, 0.5) is 0 Å². The lowest BCUT2D eigenvalue weighted by atomic mass is 9.47. The molecule has 3 N–H and O–H groups in total. The number of fused-ring (bicyclic) bond motifs is 5. The van der Waals surface area contributed by atoms with Gasteiger partial charge in [0.25, 0.3) is 10.1 Å². The minimum absolute atomic E-state index is 0. The Morgan fingerprint density at radius 2 is 1.76 bits per heavy atom. The first kappa shape index (κ1) is 35.1. The summed E-state index contributed by atoms with van der Waals surface area (Å²) in [5.41, 5.74) is 2.07. The van der Waals surface area contributed by atoms with Crippen LogP contribution >= 0.6 is 0 Å². The van der Waals surface area contributed by atoms with Crippen molar-refractivity contribution in [1.82, 2.24) is 6.15 Å². The summed E-state index contributed by atoms with van der Waals surface area (Å²) in [6.45, 7) is 16.9. The van der Waals surface area contributed by atoms with E-state index in [0.29, 0.717) is 17.3 Å². The molecule has 0 spiro atoms. The molecule has 0 bridgehead atoms. The van der Waals surface area contributed by atoms with E-state index in [1.165, 1.54) is 64.9 Å². The first-order valence-electron chi connectivity index (χ1n) is 16.9. The van der Waals surface area contributed by atoms with Crippen LogP contribution in [-0.4, -0.2) is 33.0 Å². The molecule has 41 heavy (non-hydrogen) atoms. The Bertz CT molecular complexity index is 994. The third kappa shape index (κ3) is 7.45. The summed E-state index contributed by atoms with van der Waals surface area (Å²) in [5.74, 6) is 5.17. The Morgan fingerprint density at radius 1 is 1.02 bits per heavy atom. The highest BCUT2D eigenvalue weighted by atomic mass is 32.2. The van der Waals surface area contributed by atoms with Gasteiger partial charge in [-0.15, -0.1) is 0 Å². The number of rotatable bonds is 13. The molecule has 0 aromatic carbocycles. The lowest BCUT2D eigenvalue weighted by Gasteiger charge is -2.58. The molecule has 1 unspecified atom stereocenters. The minimum atomic E-state index is -3.48. The normalized spacial score (nSPS) is 37.3. The van der Waals surface area contributed by atoms with Gasteiger partial charge in [-0.25, -0.2) is 0 Å². The van der Waals surface area contributed by atoms with Gasteiger partial charge >= 0.3 is 0 Å². The molecule has 4 aliphatic rings. The van der Waals surface area contributed by atoms with Gasteiger partial charge in [0.1, 0.15) is 0 Å². The molecule has 0 amide bonds.